The molecule has 0 aromatic heterocycles. The van der Waals surface area contributed by atoms with Gasteiger partial charge in [0.2, 0.25) is 0 Å². The molecule has 1 aromatic rings. The number of aryl methyl sites for hydroxylation is 2. The lowest BCUT2D eigenvalue weighted by Crippen LogP contribution is -2.35. The van der Waals surface area contributed by atoms with Gasteiger partial charge in [0.15, 0.2) is 0 Å². The number of fused-ring (bicyclic) bond motifs is 1. The Kier molecular flexibility index (Phi) is 2.23. The van der Waals surface area contributed by atoms with Crippen molar-refractivity contribution in [3.05, 3.63) is 28.3 Å². The molecule has 0 spiro atoms. The Morgan fingerprint density at radius 2 is 2.07 bits per heavy atom. The number of hydrogen-bond acceptors (Lipinski definition) is 1. The summed E-state index contributed by atoms with van der Waals surface area (Å²) in [5, 5.41) is 4.40. The lowest BCUT2D eigenvalue weighted by atomic mass is 9.89. The van der Waals surface area contributed by atoms with Gasteiger partial charge in [0.05, 0.1) is 10.7 Å². The second-order valence-corrected chi connectivity index (χ2v) is 5.12. The van der Waals surface area contributed by atoms with Gasteiger partial charge in [-0.2, -0.15) is 0 Å². The molecular weight excluding hydrogens is 194 g/mol. The first-order valence-corrected chi connectivity index (χ1v) is 5.43. The zero-order valence-electron chi connectivity index (χ0n) is 8.95. The summed E-state index contributed by atoms with van der Waals surface area (Å²) >= 11 is 6.28. The largest absolute Gasteiger partial charge is 0.379 e. The summed E-state index contributed by atoms with van der Waals surface area (Å²) in [6.07, 6.45) is 2.29. The van der Waals surface area contributed by atoms with E-state index in [9.17, 15) is 0 Å². The molecule has 1 aliphatic heterocycles. The maximum Gasteiger partial charge on any atom is 0.0669 e. The van der Waals surface area contributed by atoms with Gasteiger partial charge in [-0.1, -0.05) is 23.7 Å². The van der Waals surface area contributed by atoms with Gasteiger partial charge in [0, 0.05) is 5.54 Å². The molecule has 1 nitrogen and oxygen atoms in total. The van der Waals surface area contributed by atoms with E-state index in [1.807, 2.05) is 6.92 Å². The summed E-state index contributed by atoms with van der Waals surface area (Å²) in [4.78, 5) is 0. The van der Waals surface area contributed by atoms with Gasteiger partial charge in [0.25, 0.3) is 0 Å². The molecule has 2 rings (SSSR count). The highest BCUT2D eigenvalue weighted by Gasteiger charge is 2.25. The van der Waals surface area contributed by atoms with Crippen LogP contribution in [0.4, 0.5) is 5.69 Å². The highest BCUT2D eigenvalue weighted by molar-refractivity contribution is 6.34. The number of hydrogen-bond donors (Lipinski definition) is 1. The third-order valence-corrected chi connectivity index (χ3v) is 3.39. The average molecular weight is 210 g/mol. The first-order chi connectivity index (χ1) is 6.49. The van der Waals surface area contributed by atoms with Crippen molar-refractivity contribution in [3.63, 3.8) is 0 Å². The SMILES string of the molecule is Cc1ccc2c(c1Cl)NC(C)(C)CC2. The number of nitrogens with one attached hydrogen (secondary N) is 1. The van der Waals surface area contributed by atoms with Crippen LogP contribution < -0.4 is 5.32 Å². The molecule has 0 bridgehead atoms. The molecule has 0 fully saturated rings. The molecule has 0 aliphatic carbocycles. The Hall–Kier alpha value is -0.690. The van der Waals surface area contributed by atoms with Crippen LogP contribution in [0.1, 0.15) is 31.4 Å². The van der Waals surface area contributed by atoms with E-state index in [2.05, 4.69) is 31.3 Å². The van der Waals surface area contributed by atoms with Crippen LogP contribution in [-0.4, -0.2) is 5.54 Å². The minimum Gasteiger partial charge on any atom is -0.379 e. The van der Waals surface area contributed by atoms with E-state index in [0.717, 1.165) is 22.7 Å². The summed E-state index contributed by atoms with van der Waals surface area (Å²) in [5.41, 5.74) is 3.81. The van der Waals surface area contributed by atoms with Crippen LogP contribution in [0.5, 0.6) is 0 Å². The smallest absolute Gasteiger partial charge is 0.0669 e. The summed E-state index contributed by atoms with van der Waals surface area (Å²) in [6.45, 7) is 6.48. The number of halogens is 1. The second-order valence-electron chi connectivity index (χ2n) is 4.74. The summed E-state index contributed by atoms with van der Waals surface area (Å²) in [7, 11) is 0. The van der Waals surface area contributed by atoms with Crippen LogP contribution in [0.25, 0.3) is 0 Å². The van der Waals surface area contributed by atoms with E-state index in [1.165, 1.54) is 12.0 Å². The second kappa shape index (κ2) is 3.16. The molecule has 0 atom stereocenters. The lowest BCUT2D eigenvalue weighted by Gasteiger charge is -2.34. The molecule has 0 saturated heterocycles. The first kappa shape index (κ1) is 9.85. The van der Waals surface area contributed by atoms with Crippen molar-refractivity contribution >= 4 is 17.3 Å². The Bertz CT molecular complexity index is 369. The van der Waals surface area contributed by atoms with E-state index in [1.54, 1.807) is 0 Å². The Balaban J connectivity index is 2.49. The van der Waals surface area contributed by atoms with Crippen LogP contribution in [0.15, 0.2) is 12.1 Å². The van der Waals surface area contributed by atoms with Crippen molar-refractivity contribution in [2.24, 2.45) is 0 Å². The minimum absolute atomic E-state index is 0.171. The van der Waals surface area contributed by atoms with Crippen LogP contribution in [0.3, 0.4) is 0 Å². The average Bonchev–Trinajstić information content (AvgIpc) is 2.11. The molecule has 76 valence electrons. The number of anilines is 1. The molecule has 2 heteroatoms. The molecule has 1 aliphatic rings. The van der Waals surface area contributed by atoms with Crippen molar-refractivity contribution in [1.82, 2.24) is 0 Å². The van der Waals surface area contributed by atoms with E-state index in [0.29, 0.717) is 0 Å². The van der Waals surface area contributed by atoms with Gasteiger partial charge in [-0.15, -0.1) is 0 Å². The summed E-state index contributed by atoms with van der Waals surface area (Å²) in [6, 6.07) is 4.28. The standard InChI is InChI=1S/C12H16ClN/c1-8-4-5-9-6-7-12(2,3)14-11(9)10(8)13/h4-5,14H,6-7H2,1-3H3. The fourth-order valence-electron chi connectivity index (χ4n) is 1.91. The molecule has 1 N–H and O–H groups in total. The highest BCUT2D eigenvalue weighted by Crippen LogP contribution is 2.37. The van der Waals surface area contributed by atoms with Crippen LogP contribution in [0, 0.1) is 6.92 Å². The molecule has 0 saturated carbocycles. The van der Waals surface area contributed by atoms with Crippen molar-refractivity contribution < 1.29 is 0 Å². The fourth-order valence-corrected chi connectivity index (χ4v) is 2.14. The van der Waals surface area contributed by atoms with Gasteiger partial charge >= 0.3 is 0 Å². The summed E-state index contributed by atoms with van der Waals surface area (Å²) < 4.78 is 0. The van der Waals surface area contributed by atoms with E-state index in [4.69, 9.17) is 11.6 Å². The van der Waals surface area contributed by atoms with E-state index < -0.39 is 0 Å². The van der Waals surface area contributed by atoms with Gasteiger partial charge in [-0.25, -0.2) is 0 Å². The predicted molar refractivity (Wildman–Crippen MR) is 62.2 cm³/mol. The molecule has 14 heavy (non-hydrogen) atoms. The molecular formula is C12H16ClN. The first-order valence-electron chi connectivity index (χ1n) is 5.06. The lowest BCUT2D eigenvalue weighted by molar-refractivity contribution is 0.502. The summed E-state index contributed by atoms with van der Waals surface area (Å²) in [5.74, 6) is 0. The quantitative estimate of drug-likeness (QED) is 0.686. The maximum atomic E-state index is 6.28. The Morgan fingerprint density at radius 3 is 2.79 bits per heavy atom. The van der Waals surface area contributed by atoms with Gasteiger partial charge < -0.3 is 5.32 Å². The zero-order chi connectivity index (χ0) is 10.3. The fraction of sp³-hybridized carbons (Fsp3) is 0.500. The number of benzene rings is 1. The molecule has 0 radical (unpaired) electrons. The van der Waals surface area contributed by atoms with Crippen LogP contribution >= 0.6 is 11.6 Å². The molecule has 0 amide bonds. The third-order valence-electron chi connectivity index (χ3n) is 2.90. The molecule has 1 heterocycles. The predicted octanol–water partition coefficient (Wildman–Crippen LogP) is 3.79. The van der Waals surface area contributed by atoms with Crippen molar-refractivity contribution in [2.45, 2.75) is 39.2 Å². The van der Waals surface area contributed by atoms with Crippen molar-refractivity contribution in [3.8, 4) is 0 Å². The minimum atomic E-state index is 0.171. The number of rotatable bonds is 0. The van der Waals surface area contributed by atoms with Crippen LogP contribution in [-0.2, 0) is 6.42 Å². The Morgan fingerprint density at radius 1 is 1.36 bits per heavy atom. The zero-order valence-corrected chi connectivity index (χ0v) is 9.70. The van der Waals surface area contributed by atoms with Gasteiger partial charge in [-0.3, -0.25) is 0 Å². The van der Waals surface area contributed by atoms with E-state index >= 15 is 0 Å². The normalized spacial score (nSPS) is 18.6. The third kappa shape index (κ3) is 1.61. The van der Waals surface area contributed by atoms with Crippen molar-refractivity contribution in [1.29, 1.82) is 0 Å². The monoisotopic (exact) mass is 209 g/mol. The molecule has 1 aromatic carbocycles. The molecule has 0 unspecified atom stereocenters. The maximum absolute atomic E-state index is 6.28. The van der Waals surface area contributed by atoms with Gasteiger partial charge in [-0.05, 0) is 44.7 Å². The van der Waals surface area contributed by atoms with E-state index in [-0.39, 0.29) is 5.54 Å². The van der Waals surface area contributed by atoms with Crippen LogP contribution in [0.2, 0.25) is 5.02 Å². The van der Waals surface area contributed by atoms with Crippen molar-refractivity contribution in [2.75, 3.05) is 5.32 Å². The highest BCUT2D eigenvalue weighted by atomic mass is 35.5. The van der Waals surface area contributed by atoms with Gasteiger partial charge in [0.1, 0.15) is 0 Å². The Labute approximate surface area is 90.5 Å². The topological polar surface area (TPSA) is 12.0 Å².